The zero-order valence-corrected chi connectivity index (χ0v) is 23.7. The van der Waals surface area contributed by atoms with Crippen molar-refractivity contribution in [3.8, 4) is 28.4 Å². The molecule has 1 amide bonds. The minimum atomic E-state index is -0.730. The molecule has 40 heavy (non-hydrogen) atoms. The maximum Gasteiger partial charge on any atom is 0.417 e. The number of ether oxygens (including phenoxy) is 3. The van der Waals surface area contributed by atoms with Gasteiger partial charge in [0.25, 0.3) is 0 Å². The van der Waals surface area contributed by atoms with Gasteiger partial charge in [-0.1, -0.05) is 30.1 Å². The lowest BCUT2D eigenvalue weighted by Crippen LogP contribution is -2.46. The summed E-state index contributed by atoms with van der Waals surface area (Å²) in [6.07, 6.45) is 5.40. The van der Waals surface area contributed by atoms with E-state index < -0.39 is 6.09 Å². The molecular weight excluding hydrogens is 557 g/mol. The van der Waals surface area contributed by atoms with Gasteiger partial charge in [0.15, 0.2) is 5.75 Å². The third-order valence-corrected chi connectivity index (χ3v) is 7.37. The first-order valence-electron chi connectivity index (χ1n) is 12.6. The highest BCUT2D eigenvalue weighted by Crippen LogP contribution is 2.47. The minimum absolute atomic E-state index is 0.192. The SMILES string of the molecule is CCN1CCN(c2ncc(NC(=O)Oc3ccc(-c4c(Cl)c(OC)cc(OC)c4Cl)c4nccnc34)cn2)CC1. The number of amides is 1. The third-order valence-electron chi connectivity index (χ3n) is 6.62. The predicted octanol–water partition coefficient (Wildman–Crippen LogP) is 5.16. The van der Waals surface area contributed by atoms with Crippen LogP contribution in [-0.4, -0.2) is 77.9 Å². The molecule has 11 nitrogen and oxygen atoms in total. The number of aromatic nitrogens is 4. The molecule has 1 saturated heterocycles. The van der Waals surface area contributed by atoms with E-state index >= 15 is 0 Å². The Hall–Kier alpha value is -3.93. The van der Waals surface area contributed by atoms with Crippen molar-refractivity contribution in [3.05, 3.63) is 53.0 Å². The van der Waals surface area contributed by atoms with Gasteiger partial charge >= 0.3 is 6.09 Å². The van der Waals surface area contributed by atoms with Gasteiger partial charge in [-0.3, -0.25) is 10.3 Å². The Morgan fingerprint density at radius 3 is 2.12 bits per heavy atom. The number of methoxy groups -OCH3 is 2. The molecule has 3 heterocycles. The van der Waals surface area contributed by atoms with Gasteiger partial charge in [-0.25, -0.2) is 19.7 Å². The van der Waals surface area contributed by atoms with Gasteiger partial charge in [0.2, 0.25) is 5.95 Å². The zero-order valence-electron chi connectivity index (χ0n) is 22.1. The Balaban J connectivity index is 1.37. The number of hydrogen-bond donors (Lipinski definition) is 1. The van der Waals surface area contributed by atoms with E-state index in [0.29, 0.717) is 45.3 Å². The number of piperazine rings is 1. The number of benzene rings is 2. The average Bonchev–Trinajstić information content (AvgIpc) is 2.99. The fraction of sp³-hybridized carbons (Fsp3) is 0.296. The predicted molar refractivity (Wildman–Crippen MR) is 154 cm³/mol. The zero-order chi connectivity index (χ0) is 28.2. The van der Waals surface area contributed by atoms with E-state index in [1.54, 1.807) is 30.6 Å². The number of fused-ring (bicyclic) bond motifs is 1. The van der Waals surface area contributed by atoms with Crippen LogP contribution in [-0.2, 0) is 0 Å². The Kier molecular flexibility index (Phi) is 8.34. The topological polar surface area (TPSA) is 115 Å². The van der Waals surface area contributed by atoms with Crippen LogP contribution in [0.25, 0.3) is 22.2 Å². The molecule has 1 fully saturated rings. The van der Waals surface area contributed by atoms with E-state index in [4.69, 9.17) is 37.4 Å². The van der Waals surface area contributed by atoms with E-state index in [0.717, 1.165) is 32.7 Å². The minimum Gasteiger partial charge on any atom is -0.495 e. The molecule has 5 rings (SSSR count). The maximum absolute atomic E-state index is 12.8. The Bertz CT molecular complexity index is 1500. The molecular formula is C27H27Cl2N7O4. The van der Waals surface area contributed by atoms with Gasteiger partial charge < -0.3 is 24.0 Å². The molecule has 1 N–H and O–H groups in total. The lowest BCUT2D eigenvalue weighted by atomic mass is 10.0. The van der Waals surface area contributed by atoms with Crippen LogP contribution in [0, 0.1) is 0 Å². The van der Waals surface area contributed by atoms with Crippen LogP contribution in [0.4, 0.5) is 16.4 Å². The van der Waals surface area contributed by atoms with E-state index in [1.165, 1.54) is 26.6 Å². The molecule has 0 spiro atoms. The highest BCUT2D eigenvalue weighted by Gasteiger charge is 2.23. The molecule has 0 unspecified atom stereocenters. The molecule has 0 aliphatic carbocycles. The molecule has 0 atom stereocenters. The lowest BCUT2D eigenvalue weighted by molar-refractivity contribution is 0.215. The highest BCUT2D eigenvalue weighted by atomic mass is 35.5. The van der Waals surface area contributed by atoms with Crippen LogP contribution in [0.3, 0.4) is 0 Å². The van der Waals surface area contributed by atoms with Crippen LogP contribution < -0.4 is 24.4 Å². The van der Waals surface area contributed by atoms with Crippen molar-refractivity contribution in [3.63, 3.8) is 0 Å². The molecule has 0 saturated carbocycles. The number of carbonyl (C=O) groups excluding carboxylic acids is 1. The van der Waals surface area contributed by atoms with Crippen molar-refractivity contribution in [2.75, 3.05) is 57.2 Å². The van der Waals surface area contributed by atoms with Gasteiger partial charge in [0.05, 0.1) is 42.3 Å². The van der Waals surface area contributed by atoms with Crippen molar-refractivity contribution in [1.82, 2.24) is 24.8 Å². The van der Waals surface area contributed by atoms with Crippen molar-refractivity contribution < 1.29 is 19.0 Å². The first-order chi connectivity index (χ1) is 19.4. The summed E-state index contributed by atoms with van der Waals surface area (Å²) in [4.78, 5) is 35.0. The van der Waals surface area contributed by atoms with Gasteiger partial charge in [-0.15, -0.1) is 0 Å². The molecule has 0 radical (unpaired) electrons. The largest absolute Gasteiger partial charge is 0.495 e. The van der Waals surface area contributed by atoms with Gasteiger partial charge in [0, 0.05) is 55.8 Å². The fourth-order valence-corrected chi connectivity index (χ4v) is 5.20. The monoisotopic (exact) mass is 583 g/mol. The van der Waals surface area contributed by atoms with Gasteiger partial charge in [0.1, 0.15) is 22.5 Å². The number of halogens is 2. The normalized spacial score (nSPS) is 13.8. The molecule has 2 aromatic heterocycles. The average molecular weight is 584 g/mol. The second-order valence-electron chi connectivity index (χ2n) is 8.86. The molecule has 0 bridgehead atoms. The number of likely N-dealkylation sites (N-methyl/N-ethyl adjacent to an activating group) is 1. The summed E-state index contributed by atoms with van der Waals surface area (Å²) in [5.74, 6) is 1.58. The standard InChI is InChI=1S/C27H27Cl2N7O4/c1-4-35-9-11-36(12-10-35)26-32-14-16(15-33-26)34-27(37)40-18-6-5-17(24-25(18)31-8-7-30-24)21-22(28)19(38-2)13-20(39-3)23(21)29/h5-8,13-15H,4,9-12H2,1-3H3,(H,34,37). The number of anilines is 2. The first-order valence-corrected chi connectivity index (χ1v) is 13.3. The number of nitrogens with zero attached hydrogens (tertiary/aromatic N) is 6. The molecule has 208 valence electrons. The van der Waals surface area contributed by atoms with E-state index in [2.05, 4.69) is 42.0 Å². The second kappa shape index (κ2) is 12.1. The summed E-state index contributed by atoms with van der Waals surface area (Å²) in [5, 5.41) is 3.22. The lowest BCUT2D eigenvalue weighted by Gasteiger charge is -2.33. The Morgan fingerprint density at radius 1 is 0.900 bits per heavy atom. The van der Waals surface area contributed by atoms with Crippen molar-refractivity contribution in [2.45, 2.75) is 6.92 Å². The number of rotatable bonds is 7. The van der Waals surface area contributed by atoms with E-state index in [-0.39, 0.29) is 15.8 Å². The summed E-state index contributed by atoms with van der Waals surface area (Å²) >= 11 is 13.3. The van der Waals surface area contributed by atoms with Crippen molar-refractivity contribution in [2.24, 2.45) is 0 Å². The highest BCUT2D eigenvalue weighted by molar-refractivity contribution is 6.41. The molecule has 1 aliphatic heterocycles. The first kappa shape index (κ1) is 27.6. The quantitative estimate of drug-likeness (QED) is 0.312. The smallest absolute Gasteiger partial charge is 0.417 e. The van der Waals surface area contributed by atoms with Crippen molar-refractivity contribution in [1.29, 1.82) is 0 Å². The number of carbonyl (C=O) groups is 1. The van der Waals surface area contributed by atoms with Crippen molar-refractivity contribution >= 4 is 52.0 Å². The van der Waals surface area contributed by atoms with E-state index in [1.807, 2.05) is 0 Å². The van der Waals surface area contributed by atoms with Crippen LogP contribution in [0.2, 0.25) is 10.0 Å². The summed E-state index contributed by atoms with van der Waals surface area (Å²) in [6.45, 7) is 6.81. The Labute approximate surface area is 241 Å². The second-order valence-corrected chi connectivity index (χ2v) is 9.61. The summed E-state index contributed by atoms with van der Waals surface area (Å²) in [7, 11) is 3.00. The number of hydrogen-bond acceptors (Lipinski definition) is 10. The third kappa shape index (κ3) is 5.53. The summed E-state index contributed by atoms with van der Waals surface area (Å²) in [6, 6.07) is 4.90. The van der Waals surface area contributed by atoms with Gasteiger partial charge in [-0.05, 0) is 18.7 Å². The molecule has 4 aromatic rings. The van der Waals surface area contributed by atoms with Crippen LogP contribution in [0.15, 0.2) is 43.0 Å². The molecule has 2 aromatic carbocycles. The Morgan fingerprint density at radius 2 is 1.52 bits per heavy atom. The fourth-order valence-electron chi connectivity index (χ4n) is 4.49. The summed E-state index contributed by atoms with van der Waals surface area (Å²) in [5.41, 5.74) is 2.17. The van der Waals surface area contributed by atoms with Crippen LogP contribution in [0.1, 0.15) is 6.92 Å². The maximum atomic E-state index is 12.8. The molecule has 13 heteroatoms. The molecule has 1 aliphatic rings. The van der Waals surface area contributed by atoms with Gasteiger partial charge in [-0.2, -0.15) is 0 Å². The number of nitrogens with one attached hydrogen (secondary N) is 1. The van der Waals surface area contributed by atoms with Crippen LogP contribution in [0.5, 0.6) is 17.2 Å². The summed E-state index contributed by atoms with van der Waals surface area (Å²) < 4.78 is 16.4. The van der Waals surface area contributed by atoms with E-state index in [9.17, 15) is 4.79 Å². The van der Waals surface area contributed by atoms with Crippen LogP contribution >= 0.6 is 23.2 Å².